The van der Waals surface area contributed by atoms with E-state index < -0.39 is 0 Å². The van der Waals surface area contributed by atoms with Crippen LogP contribution in [0.15, 0.2) is 16.5 Å². The number of halogens is 1. The van der Waals surface area contributed by atoms with Crippen LogP contribution in [-0.4, -0.2) is 23.4 Å². The van der Waals surface area contributed by atoms with Crippen LogP contribution in [0.3, 0.4) is 0 Å². The topological polar surface area (TPSA) is 33.5 Å². The van der Waals surface area contributed by atoms with Crippen LogP contribution in [0.1, 0.15) is 54.8 Å². The van der Waals surface area contributed by atoms with Gasteiger partial charge in [0.2, 0.25) is 0 Å². The Bertz CT molecular complexity index is 400. The number of alkyl halides is 1. The third-order valence-electron chi connectivity index (χ3n) is 3.29. The zero-order valence-corrected chi connectivity index (χ0v) is 11.0. The number of amides is 1. The van der Waals surface area contributed by atoms with E-state index in [9.17, 15) is 4.79 Å². The van der Waals surface area contributed by atoms with E-state index in [2.05, 4.69) is 6.92 Å². The molecule has 1 aliphatic rings. The van der Waals surface area contributed by atoms with Crippen molar-refractivity contribution in [1.29, 1.82) is 0 Å². The van der Waals surface area contributed by atoms with Gasteiger partial charge < -0.3 is 9.32 Å². The number of nitrogens with zero attached hydrogens (tertiary/aromatic N) is 1. The number of carbonyl (C=O) groups excluding carboxylic acids is 1. The van der Waals surface area contributed by atoms with Gasteiger partial charge in [-0.05, 0) is 45.2 Å². The average molecular weight is 256 g/mol. The van der Waals surface area contributed by atoms with Gasteiger partial charge in [0.15, 0.2) is 5.76 Å². The summed E-state index contributed by atoms with van der Waals surface area (Å²) in [6.45, 7) is 4.75. The minimum Gasteiger partial charge on any atom is -0.454 e. The van der Waals surface area contributed by atoms with Gasteiger partial charge >= 0.3 is 0 Å². The van der Waals surface area contributed by atoms with Crippen LogP contribution >= 0.6 is 11.6 Å². The van der Waals surface area contributed by atoms with E-state index >= 15 is 0 Å². The lowest BCUT2D eigenvalue weighted by Gasteiger charge is -2.32. The summed E-state index contributed by atoms with van der Waals surface area (Å²) in [5.74, 6) is 1.04. The molecule has 1 aliphatic heterocycles. The molecule has 2 rings (SSSR count). The number of rotatable bonds is 2. The monoisotopic (exact) mass is 255 g/mol. The predicted octanol–water partition coefficient (Wildman–Crippen LogP) is 3.59. The van der Waals surface area contributed by atoms with Crippen LogP contribution in [0.4, 0.5) is 0 Å². The maximum absolute atomic E-state index is 12.2. The summed E-state index contributed by atoms with van der Waals surface area (Å²) in [7, 11) is 0. The van der Waals surface area contributed by atoms with Crippen molar-refractivity contribution in [3.8, 4) is 0 Å². The molecule has 17 heavy (non-hydrogen) atoms. The quantitative estimate of drug-likeness (QED) is 0.757. The number of furan rings is 1. The lowest BCUT2D eigenvalue weighted by atomic mass is 10.0. The van der Waals surface area contributed by atoms with Gasteiger partial charge in [-0.3, -0.25) is 4.79 Å². The highest BCUT2D eigenvalue weighted by Crippen LogP contribution is 2.24. The molecule has 0 N–H and O–H groups in total. The summed E-state index contributed by atoms with van der Waals surface area (Å²) in [6, 6.07) is 3.80. The fraction of sp³-hybridized carbons (Fsp3) is 0.615. The second-order valence-electron chi connectivity index (χ2n) is 4.66. The standard InChI is InChI=1S/C13H18ClNO2/c1-9-5-3-4-8-15(9)13(16)12-7-6-11(17-12)10(2)14/h6-7,9-10H,3-5,8H2,1-2H3. The van der Waals surface area contributed by atoms with E-state index in [1.165, 1.54) is 6.42 Å². The Hall–Kier alpha value is -0.960. The highest BCUT2D eigenvalue weighted by molar-refractivity contribution is 6.20. The highest BCUT2D eigenvalue weighted by atomic mass is 35.5. The number of piperidine rings is 1. The summed E-state index contributed by atoms with van der Waals surface area (Å²) in [6.07, 6.45) is 3.35. The van der Waals surface area contributed by atoms with E-state index in [4.69, 9.17) is 16.0 Å². The van der Waals surface area contributed by atoms with Crippen molar-refractivity contribution in [2.24, 2.45) is 0 Å². The Morgan fingerprint density at radius 3 is 2.88 bits per heavy atom. The number of hydrogen-bond donors (Lipinski definition) is 0. The van der Waals surface area contributed by atoms with Gasteiger partial charge in [0, 0.05) is 12.6 Å². The van der Waals surface area contributed by atoms with E-state index in [1.54, 1.807) is 12.1 Å². The van der Waals surface area contributed by atoms with Crippen molar-refractivity contribution in [2.45, 2.75) is 44.5 Å². The van der Waals surface area contributed by atoms with E-state index in [0.717, 1.165) is 19.4 Å². The molecule has 0 radical (unpaired) electrons. The molecule has 1 fully saturated rings. The fourth-order valence-corrected chi connectivity index (χ4v) is 2.34. The van der Waals surface area contributed by atoms with E-state index in [1.807, 2.05) is 11.8 Å². The molecule has 94 valence electrons. The molecule has 4 heteroatoms. The molecule has 0 saturated carbocycles. The molecule has 0 aromatic carbocycles. The van der Waals surface area contributed by atoms with Crippen LogP contribution in [0.5, 0.6) is 0 Å². The highest BCUT2D eigenvalue weighted by Gasteiger charge is 2.26. The van der Waals surface area contributed by atoms with Crippen molar-refractivity contribution in [3.63, 3.8) is 0 Å². The van der Waals surface area contributed by atoms with Gasteiger partial charge in [-0.2, -0.15) is 0 Å². The van der Waals surface area contributed by atoms with Crippen LogP contribution in [0.25, 0.3) is 0 Å². The van der Waals surface area contributed by atoms with Crippen LogP contribution in [0.2, 0.25) is 0 Å². The normalized spacial score (nSPS) is 22.5. The van der Waals surface area contributed by atoms with Crippen molar-refractivity contribution >= 4 is 17.5 Å². The molecule has 0 spiro atoms. The molecule has 1 aromatic heterocycles. The van der Waals surface area contributed by atoms with Crippen molar-refractivity contribution in [1.82, 2.24) is 4.90 Å². The fourth-order valence-electron chi connectivity index (χ4n) is 2.22. The first-order valence-electron chi connectivity index (χ1n) is 6.14. The molecular formula is C13H18ClNO2. The Morgan fingerprint density at radius 2 is 2.29 bits per heavy atom. The average Bonchev–Trinajstić information content (AvgIpc) is 2.78. The van der Waals surface area contributed by atoms with Gasteiger partial charge in [0.25, 0.3) is 5.91 Å². The molecule has 0 aliphatic carbocycles. The summed E-state index contributed by atoms with van der Waals surface area (Å²) >= 11 is 5.92. The second kappa shape index (κ2) is 5.13. The summed E-state index contributed by atoms with van der Waals surface area (Å²) in [5, 5.41) is -0.199. The molecule has 3 nitrogen and oxygen atoms in total. The zero-order chi connectivity index (χ0) is 12.4. The van der Waals surface area contributed by atoms with E-state index in [0.29, 0.717) is 17.6 Å². The van der Waals surface area contributed by atoms with E-state index in [-0.39, 0.29) is 11.3 Å². The smallest absolute Gasteiger partial charge is 0.289 e. The zero-order valence-electron chi connectivity index (χ0n) is 10.3. The van der Waals surface area contributed by atoms with Gasteiger partial charge in [0.1, 0.15) is 5.76 Å². The summed E-state index contributed by atoms with van der Waals surface area (Å²) in [4.78, 5) is 14.1. The van der Waals surface area contributed by atoms with Crippen LogP contribution in [0, 0.1) is 0 Å². The maximum atomic E-state index is 12.2. The van der Waals surface area contributed by atoms with Gasteiger partial charge in [-0.1, -0.05) is 0 Å². The lowest BCUT2D eigenvalue weighted by molar-refractivity contribution is 0.0601. The molecule has 1 amide bonds. The van der Waals surface area contributed by atoms with Crippen molar-refractivity contribution in [2.75, 3.05) is 6.54 Å². The molecular weight excluding hydrogens is 238 g/mol. The van der Waals surface area contributed by atoms with Crippen LogP contribution < -0.4 is 0 Å². The maximum Gasteiger partial charge on any atom is 0.289 e. The Balaban J connectivity index is 2.12. The Labute approximate surface area is 107 Å². The number of likely N-dealkylation sites (tertiary alicyclic amines) is 1. The number of carbonyl (C=O) groups is 1. The van der Waals surface area contributed by atoms with Gasteiger partial charge in [0.05, 0.1) is 5.38 Å². The molecule has 1 saturated heterocycles. The third-order valence-corrected chi connectivity index (χ3v) is 3.51. The predicted molar refractivity (Wildman–Crippen MR) is 67.3 cm³/mol. The second-order valence-corrected chi connectivity index (χ2v) is 5.32. The summed E-state index contributed by atoms with van der Waals surface area (Å²) in [5.41, 5.74) is 0. The Kier molecular flexibility index (Phi) is 3.77. The first kappa shape index (κ1) is 12.5. The Morgan fingerprint density at radius 1 is 1.53 bits per heavy atom. The molecule has 1 aromatic rings. The third kappa shape index (κ3) is 2.65. The molecule has 2 heterocycles. The van der Waals surface area contributed by atoms with Crippen LogP contribution in [-0.2, 0) is 0 Å². The largest absolute Gasteiger partial charge is 0.454 e. The van der Waals surface area contributed by atoms with Gasteiger partial charge in [-0.15, -0.1) is 11.6 Å². The van der Waals surface area contributed by atoms with Gasteiger partial charge in [-0.25, -0.2) is 0 Å². The molecule has 2 atom stereocenters. The first-order valence-corrected chi connectivity index (χ1v) is 6.58. The lowest BCUT2D eigenvalue weighted by Crippen LogP contribution is -2.41. The minimum absolute atomic E-state index is 0.0132. The number of hydrogen-bond acceptors (Lipinski definition) is 2. The van der Waals surface area contributed by atoms with Crippen molar-refractivity contribution < 1.29 is 9.21 Å². The summed E-state index contributed by atoms with van der Waals surface area (Å²) < 4.78 is 5.49. The first-order chi connectivity index (χ1) is 8.09. The SMILES string of the molecule is CC(Cl)c1ccc(C(=O)N2CCCCC2C)o1. The van der Waals surface area contributed by atoms with Crippen molar-refractivity contribution in [3.05, 3.63) is 23.7 Å². The molecule has 2 unspecified atom stereocenters. The molecule has 0 bridgehead atoms. The minimum atomic E-state index is -0.199.